The quantitative estimate of drug-likeness (QED) is 0.114. The van der Waals surface area contributed by atoms with Crippen LogP contribution in [-0.2, 0) is 45.2 Å². The Morgan fingerprint density at radius 2 is 1.70 bits per heavy atom. The number of carboxylic acid groups (broad SMARTS) is 2. The van der Waals surface area contributed by atoms with Crippen LogP contribution >= 0.6 is 0 Å². The highest BCUT2D eigenvalue weighted by atomic mass is 16.7. The Morgan fingerprint density at radius 3 is 2.16 bits per heavy atom. The van der Waals surface area contributed by atoms with E-state index >= 15 is 0 Å². The van der Waals surface area contributed by atoms with Crippen LogP contribution in [0.25, 0.3) is 0 Å². The molecule has 1 rings (SSSR count). The molecule has 0 aliphatic rings. The highest BCUT2D eigenvalue weighted by Crippen LogP contribution is 2.21. The molecule has 16 heteroatoms. The fourth-order valence-electron chi connectivity index (χ4n) is 2.59. The number of anilines is 1. The monoisotopic (exact) mass is 533 g/mol. The molecule has 0 amide bonds. The summed E-state index contributed by atoms with van der Waals surface area (Å²) in [4.78, 5) is 63.7. The zero-order valence-corrected chi connectivity index (χ0v) is 21.2. The maximum Gasteiger partial charge on any atom is 0.377 e. The van der Waals surface area contributed by atoms with E-state index in [1.807, 2.05) is 21.1 Å². The van der Waals surface area contributed by atoms with Crippen LogP contribution in [0.5, 0.6) is 5.88 Å². The summed E-state index contributed by atoms with van der Waals surface area (Å²) in [5, 5.41) is 29.0. The number of aliphatic hydroxyl groups is 1. The molecular weight excluding hydrogens is 500 g/mol. The molecule has 0 aliphatic carbocycles. The number of carbonyl (C=O) groups is 5. The smallest absolute Gasteiger partial charge is 0.377 e. The summed E-state index contributed by atoms with van der Waals surface area (Å²) in [7, 11) is 6.94. The van der Waals surface area contributed by atoms with E-state index in [0.717, 1.165) is 0 Å². The summed E-state index contributed by atoms with van der Waals surface area (Å²) >= 11 is 0. The Morgan fingerprint density at radius 1 is 1.11 bits per heavy atom. The molecule has 16 nitrogen and oxygen atoms in total. The molecular formula is C21H33N4O12+. The lowest BCUT2D eigenvalue weighted by Crippen LogP contribution is -2.45. The maximum absolute atomic E-state index is 12.5. The third kappa shape index (κ3) is 10.4. The number of rotatable bonds is 15. The van der Waals surface area contributed by atoms with Gasteiger partial charge in [0.15, 0.2) is 11.7 Å². The SMILES string of the molecule is CCC(OC(=O)C(OCC[N+](C)(C)C)OC(=O)CC(O)(CC(=O)Oc1cn(C)c(N)n1)C(=O)O)C(=O)O. The van der Waals surface area contributed by atoms with Gasteiger partial charge in [0.25, 0.3) is 0 Å². The first-order chi connectivity index (χ1) is 17.0. The van der Waals surface area contributed by atoms with Crippen molar-refractivity contribution < 1.29 is 62.7 Å². The molecule has 0 aliphatic heterocycles. The Hall–Kier alpha value is -3.76. The fourth-order valence-corrected chi connectivity index (χ4v) is 2.59. The van der Waals surface area contributed by atoms with E-state index in [1.54, 1.807) is 0 Å². The number of nitrogens with two attached hydrogens (primary N) is 1. The number of hydrogen-bond donors (Lipinski definition) is 4. The van der Waals surface area contributed by atoms with E-state index in [0.29, 0.717) is 11.0 Å². The predicted octanol–water partition coefficient (Wildman–Crippen LogP) is -1.50. The Bertz CT molecular complexity index is 983. The predicted molar refractivity (Wildman–Crippen MR) is 122 cm³/mol. The lowest BCUT2D eigenvalue weighted by atomic mass is 9.96. The number of carbonyl (C=O) groups excluding carboxylic acids is 3. The topological polar surface area (TPSA) is 227 Å². The number of imidazole rings is 1. The molecule has 1 aromatic rings. The van der Waals surface area contributed by atoms with Crippen LogP contribution in [0, 0.1) is 0 Å². The fraction of sp³-hybridized carbons (Fsp3) is 0.619. The summed E-state index contributed by atoms with van der Waals surface area (Å²) in [5.74, 6) is -7.72. The van der Waals surface area contributed by atoms with Crippen molar-refractivity contribution >= 4 is 35.8 Å². The van der Waals surface area contributed by atoms with E-state index in [-0.39, 0.29) is 24.9 Å². The zero-order valence-electron chi connectivity index (χ0n) is 21.2. The molecule has 0 saturated heterocycles. The van der Waals surface area contributed by atoms with Gasteiger partial charge < -0.3 is 49.1 Å². The normalized spacial score (nSPS) is 14.6. The molecule has 0 saturated carbocycles. The zero-order chi connectivity index (χ0) is 28.6. The molecule has 37 heavy (non-hydrogen) atoms. The van der Waals surface area contributed by atoms with Gasteiger partial charge in [0.05, 0.1) is 40.2 Å². The summed E-state index contributed by atoms with van der Waals surface area (Å²) in [5.41, 5.74) is 2.53. The second-order valence-corrected chi connectivity index (χ2v) is 9.09. The van der Waals surface area contributed by atoms with Gasteiger partial charge in [-0.2, -0.15) is 4.98 Å². The average Bonchev–Trinajstić information content (AvgIpc) is 3.05. The van der Waals surface area contributed by atoms with Crippen molar-refractivity contribution in [2.24, 2.45) is 7.05 Å². The molecule has 0 fully saturated rings. The minimum atomic E-state index is -2.99. The van der Waals surface area contributed by atoms with Crippen LogP contribution in [0.4, 0.5) is 5.95 Å². The van der Waals surface area contributed by atoms with Gasteiger partial charge in [0.1, 0.15) is 13.2 Å². The molecule has 3 atom stereocenters. The van der Waals surface area contributed by atoms with Crippen LogP contribution in [0.1, 0.15) is 26.2 Å². The summed E-state index contributed by atoms with van der Waals surface area (Å²) in [6.07, 6.45) is -4.96. The molecule has 5 N–H and O–H groups in total. The number of aromatic nitrogens is 2. The van der Waals surface area contributed by atoms with Crippen LogP contribution in [-0.4, -0.2) is 111 Å². The van der Waals surface area contributed by atoms with E-state index in [4.69, 9.17) is 29.8 Å². The molecule has 0 spiro atoms. The van der Waals surface area contributed by atoms with Crippen molar-refractivity contribution in [1.29, 1.82) is 0 Å². The molecule has 208 valence electrons. The van der Waals surface area contributed by atoms with Crippen LogP contribution in [0.3, 0.4) is 0 Å². The van der Waals surface area contributed by atoms with Crippen molar-refractivity contribution in [3.8, 4) is 5.88 Å². The third-order valence-corrected chi connectivity index (χ3v) is 4.75. The van der Waals surface area contributed by atoms with Gasteiger partial charge >= 0.3 is 36.1 Å². The van der Waals surface area contributed by atoms with Crippen molar-refractivity contribution in [2.75, 3.05) is 40.0 Å². The minimum Gasteiger partial charge on any atom is -0.479 e. The second kappa shape index (κ2) is 13.0. The van der Waals surface area contributed by atoms with E-state index in [2.05, 4.69) is 4.98 Å². The van der Waals surface area contributed by atoms with Crippen molar-refractivity contribution in [2.45, 2.75) is 44.2 Å². The van der Waals surface area contributed by atoms with E-state index in [1.165, 1.54) is 24.7 Å². The number of ether oxygens (including phenoxy) is 4. The summed E-state index contributed by atoms with van der Waals surface area (Å²) in [6, 6.07) is 0. The summed E-state index contributed by atoms with van der Waals surface area (Å²) in [6.45, 7) is 1.64. The Balaban J connectivity index is 2.95. The largest absolute Gasteiger partial charge is 0.479 e. The lowest BCUT2D eigenvalue weighted by Gasteiger charge is -2.26. The lowest BCUT2D eigenvalue weighted by molar-refractivity contribution is -0.870. The number of quaternary nitrogens is 1. The minimum absolute atomic E-state index is 0.00345. The van der Waals surface area contributed by atoms with Crippen LogP contribution in [0.2, 0.25) is 0 Å². The average molecular weight is 534 g/mol. The second-order valence-electron chi connectivity index (χ2n) is 9.09. The van der Waals surface area contributed by atoms with E-state index < -0.39 is 60.7 Å². The first-order valence-electron chi connectivity index (χ1n) is 11.0. The first-order valence-corrected chi connectivity index (χ1v) is 11.0. The number of likely N-dealkylation sites (N-methyl/N-ethyl adjacent to an activating group) is 1. The van der Waals surface area contributed by atoms with Gasteiger partial charge in [-0.3, -0.25) is 9.59 Å². The van der Waals surface area contributed by atoms with E-state index in [9.17, 15) is 34.2 Å². The Labute approximate surface area is 212 Å². The number of nitrogens with zero attached hydrogens (tertiary/aromatic N) is 3. The number of aryl methyl sites for hydroxylation is 1. The molecule has 0 aromatic carbocycles. The van der Waals surface area contributed by atoms with Gasteiger partial charge in [0, 0.05) is 7.05 Å². The van der Waals surface area contributed by atoms with Gasteiger partial charge in [-0.25, -0.2) is 14.4 Å². The number of aliphatic carboxylic acids is 2. The number of esters is 3. The molecule has 0 radical (unpaired) electrons. The third-order valence-electron chi connectivity index (χ3n) is 4.75. The van der Waals surface area contributed by atoms with Crippen molar-refractivity contribution in [3.05, 3.63) is 6.20 Å². The van der Waals surface area contributed by atoms with Crippen LogP contribution < -0.4 is 10.5 Å². The molecule has 3 unspecified atom stereocenters. The van der Waals surface area contributed by atoms with Crippen molar-refractivity contribution in [3.63, 3.8) is 0 Å². The van der Waals surface area contributed by atoms with Crippen molar-refractivity contribution in [1.82, 2.24) is 9.55 Å². The highest BCUT2D eigenvalue weighted by Gasteiger charge is 2.43. The molecule has 1 aromatic heterocycles. The summed E-state index contributed by atoms with van der Waals surface area (Å²) < 4.78 is 21.5. The molecule has 1 heterocycles. The van der Waals surface area contributed by atoms with Gasteiger partial charge in [-0.05, 0) is 6.42 Å². The first kappa shape index (κ1) is 31.3. The number of hydrogen-bond acceptors (Lipinski definition) is 12. The van der Waals surface area contributed by atoms with Gasteiger partial charge in [0.2, 0.25) is 11.8 Å². The standard InChI is InChI=1S/C21H32N4O12/c1-6-12(16(28)29)35-17(30)18(34-8-7-25(3,4)5)37-15(27)10-21(33,19(31)32)9-14(26)36-13-11-24(2)20(22)23-13/h11-12,18,33H,6-10H2,1-5H3,(H3-,22,23,28,29,31,32)/p+1. The molecule has 0 bridgehead atoms. The number of carboxylic acids is 2. The van der Waals surface area contributed by atoms with Crippen LogP contribution in [0.15, 0.2) is 6.20 Å². The van der Waals surface area contributed by atoms with Gasteiger partial charge in [-0.15, -0.1) is 0 Å². The maximum atomic E-state index is 12.5. The highest BCUT2D eigenvalue weighted by molar-refractivity contribution is 5.90. The van der Waals surface area contributed by atoms with Gasteiger partial charge in [-0.1, -0.05) is 6.92 Å². The Kier molecular flexibility index (Phi) is 11.0. The number of nitrogen functional groups attached to an aromatic ring is 1.